The van der Waals surface area contributed by atoms with Crippen LogP contribution in [-0.2, 0) is 17.7 Å². The van der Waals surface area contributed by atoms with E-state index in [1.54, 1.807) is 24.5 Å². The third-order valence-corrected chi connectivity index (χ3v) is 6.01. The van der Waals surface area contributed by atoms with Gasteiger partial charge in [-0.3, -0.25) is 9.78 Å². The molecule has 2 aromatic carbocycles. The Bertz CT molecular complexity index is 1430. The maximum absolute atomic E-state index is 11.6. The van der Waals surface area contributed by atoms with E-state index >= 15 is 0 Å². The number of carbonyl (C=O) groups excluding carboxylic acids is 1. The number of fused-ring (bicyclic) bond motifs is 3. The molecule has 0 spiro atoms. The number of nitrogens with two attached hydrogens (primary N) is 1. The van der Waals surface area contributed by atoms with Gasteiger partial charge in [0, 0.05) is 47.3 Å². The van der Waals surface area contributed by atoms with E-state index in [2.05, 4.69) is 46.5 Å². The van der Waals surface area contributed by atoms with Crippen LogP contribution in [0, 0.1) is 18.3 Å². The van der Waals surface area contributed by atoms with Crippen LogP contribution in [0.5, 0.6) is 5.88 Å². The van der Waals surface area contributed by atoms with E-state index in [0.29, 0.717) is 43.2 Å². The Morgan fingerprint density at radius 2 is 1.89 bits per heavy atom. The van der Waals surface area contributed by atoms with Crippen molar-refractivity contribution in [2.75, 3.05) is 26.4 Å². The molecule has 4 rings (SSSR count). The van der Waals surface area contributed by atoms with Crippen LogP contribution in [0.25, 0.3) is 21.7 Å². The second kappa shape index (κ2) is 12.8. The number of pyridine rings is 2. The van der Waals surface area contributed by atoms with Crippen LogP contribution >= 0.6 is 0 Å². The Morgan fingerprint density at radius 1 is 1.03 bits per heavy atom. The van der Waals surface area contributed by atoms with Crippen molar-refractivity contribution in [3.8, 4) is 11.9 Å². The average molecular weight is 498 g/mol. The second-order valence-corrected chi connectivity index (χ2v) is 8.94. The molecule has 1 amide bonds. The van der Waals surface area contributed by atoms with Crippen LogP contribution < -0.4 is 15.8 Å². The number of nitrogens with one attached hydrogen (secondary N) is 1. The van der Waals surface area contributed by atoms with Gasteiger partial charge in [-0.2, -0.15) is 5.26 Å². The van der Waals surface area contributed by atoms with Gasteiger partial charge in [0.15, 0.2) is 0 Å². The number of rotatable bonds is 13. The molecule has 4 aromatic rings. The van der Waals surface area contributed by atoms with E-state index in [1.165, 1.54) is 11.1 Å². The molecule has 0 unspecified atom stereocenters. The van der Waals surface area contributed by atoms with Gasteiger partial charge < -0.3 is 20.5 Å². The quantitative estimate of drug-likeness (QED) is 0.209. The molecule has 0 saturated carbocycles. The number of primary amides is 1. The molecule has 0 aliphatic heterocycles. The monoisotopic (exact) mass is 497 g/mol. The van der Waals surface area contributed by atoms with E-state index in [4.69, 9.17) is 20.5 Å². The first-order chi connectivity index (χ1) is 18.0. The second-order valence-electron chi connectivity index (χ2n) is 8.94. The molecule has 8 heteroatoms. The number of aromatic nitrogens is 2. The largest absolute Gasteiger partial charge is 0.475 e. The fraction of sp³-hybridized carbons (Fsp3) is 0.310. The SMILES string of the molecule is Cc1cc(CC#N)cc(CNCCCCOCCOc2nc3cc(C(N)=O)ccc3c3cnccc23)c1. The Hall–Kier alpha value is -4.06. The fourth-order valence-electron chi connectivity index (χ4n) is 4.31. The minimum atomic E-state index is -0.499. The van der Waals surface area contributed by atoms with E-state index in [0.717, 1.165) is 47.7 Å². The lowest BCUT2D eigenvalue weighted by molar-refractivity contribution is 0.0966. The molecule has 190 valence electrons. The first kappa shape index (κ1) is 26.0. The molecule has 37 heavy (non-hydrogen) atoms. The van der Waals surface area contributed by atoms with E-state index in [1.807, 2.05) is 12.1 Å². The fourth-order valence-corrected chi connectivity index (χ4v) is 4.31. The minimum Gasteiger partial charge on any atom is -0.475 e. The highest BCUT2D eigenvalue weighted by atomic mass is 16.5. The van der Waals surface area contributed by atoms with Crippen LogP contribution in [0.15, 0.2) is 54.9 Å². The summed E-state index contributed by atoms with van der Waals surface area (Å²) in [4.78, 5) is 20.4. The van der Waals surface area contributed by atoms with Gasteiger partial charge in [0.05, 0.1) is 24.6 Å². The Labute approximate surface area is 216 Å². The van der Waals surface area contributed by atoms with Gasteiger partial charge in [0.2, 0.25) is 11.8 Å². The molecular weight excluding hydrogens is 466 g/mol. The molecule has 3 N–H and O–H groups in total. The van der Waals surface area contributed by atoms with E-state index in [9.17, 15) is 4.79 Å². The summed E-state index contributed by atoms with van der Waals surface area (Å²) >= 11 is 0. The Kier molecular flexibility index (Phi) is 8.98. The molecule has 8 nitrogen and oxygen atoms in total. The van der Waals surface area contributed by atoms with Gasteiger partial charge in [-0.25, -0.2) is 4.98 Å². The molecule has 2 aromatic heterocycles. The molecular formula is C29H31N5O3. The van der Waals surface area contributed by atoms with Crippen molar-refractivity contribution in [2.24, 2.45) is 5.73 Å². The zero-order chi connectivity index (χ0) is 26.0. The van der Waals surface area contributed by atoms with Crippen LogP contribution in [-0.4, -0.2) is 42.2 Å². The lowest BCUT2D eigenvalue weighted by atomic mass is 10.0. The van der Waals surface area contributed by atoms with E-state index in [-0.39, 0.29) is 0 Å². The number of nitriles is 1. The summed E-state index contributed by atoms with van der Waals surface area (Å²) in [5, 5.41) is 15.0. The molecule has 0 saturated heterocycles. The summed E-state index contributed by atoms with van der Waals surface area (Å²) in [6.45, 7) is 5.21. The highest BCUT2D eigenvalue weighted by molar-refractivity contribution is 6.09. The minimum absolute atomic E-state index is 0.363. The third-order valence-electron chi connectivity index (χ3n) is 6.01. The standard InChI is InChI=1S/C29H31N5O3/c1-20-14-21(6-8-30)16-22(15-20)18-32-9-2-3-11-36-12-13-37-29-25-7-10-33-19-26(25)24-5-4-23(28(31)35)17-27(24)34-29/h4-5,7,10,14-17,19,32H,2-3,6,9,11-13,18H2,1H3,(H2,31,35). The number of hydrogen-bond acceptors (Lipinski definition) is 7. The van der Waals surface area contributed by atoms with Gasteiger partial charge in [-0.05, 0) is 55.6 Å². The van der Waals surface area contributed by atoms with Gasteiger partial charge in [-0.1, -0.05) is 29.8 Å². The van der Waals surface area contributed by atoms with Crippen LogP contribution in [0.1, 0.15) is 39.9 Å². The predicted octanol–water partition coefficient (Wildman–Crippen LogP) is 4.22. The van der Waals surface area contributed by atoms with Crippen LogP contribution in [0.4, 0.5) is 0 Å². The third kappa shape index (κ3) is 7.00. The topological polar surface area (TPSA) is 123 Å². The number of nitrogens with zero attached hydrogens (tertiary/aromatic N) is 3. The van der Waals surface area contributed by atoms with Crippen molar-refractivity contribution in [3.63, 3.8) is 0 Å². The molecule has 2 heterocycles. The zero-order valence-electron chi connectivity index (χ0n) is 21.0. The lowest BCUT2D eigenvalue weighted by Crippen LogP contribution is -2.16. The zero-order valence-corrected chi connectivity index (χ0v) is 21.0. The normalized spacial score (nSPS) is 11.0. The van der Waals surface area contributed by atoms with Crippen LogP contribution in [0.3, 0.4) is 0 Å². The summed E-state index contributed by atoms with van der Waals surface area (Å²) in [6, 6.07) is 15.6. The summed E-state index contributed by atoms with van der Waals surface area (Å²) in [5.74, 6) is -0.0191. The van der Waals surface area contributed by atoms with Crippen molar-refractivity contribution in [1.29, 1.82) is 5.26 Å². The Morgan fingerprint density at radius 3 is 2.73 bits per heavy atom. The molecule has 0 bridgehead atoms. The van der Waals surface area contributed by atoms with Gasteiger partial charge >= 0.3 is 0 Å². The molecule has 0 aliphatic carbocycles. The maximum atomic E-state index is 11.6. The number of aryl methyl sites for hydroxylation is 1. The average Bonchev–Trinajstić information content (AvgIpc) is 2.89. The van der Waals surface area contributed by atoms with Crippen molar-refractivity contribution < 1.29 is 14.3 Å². The predicted molar refractivity (Wildman–Crippen MR) is 143 cm³/mol. The number of amides is 1. The lowest BCUT2D eigenvalue weighted by Gasteiger charge is -2.11. The number of unbranched alkanes of at least 4 members (excludes halogenated alkanes) is 1. The first-order valence-electron chi connectivity index (χ1n) is 12.4. The summed E-state index contributed by atoms with van der Waals surface area (Å²) in [6.07, 6.45) is 5.86. The molecule has 0 radical (unpaired) electrons. The number of carbonyl (C=O) groups is 1. The van der Waals surface area contributed by atoms with Gasteiger partial charge in [0.1, 0.15) is 6.61 Å². The molecule has 0 fully saturated rings. The first-order valence-corrected chi connectivity index (χ1v) is 12.4. The molecule has 0 atom stereocenters. The van der Waals surface area contributed by atoms with Crippen molar-refractivity contribution in [1.82, 2.24) is 15.3 Å². The van der Waals surface area contributed by atoms with Gasteiger partial charge in [0.25, 0.3) is 0 Å². The van der Waals surface area contributed by atoms with Crippen molar-refractivity contribution in [2.45, 2.75) is 32.7 Å². The van der Waals surface area contributed by atoms with Gasteiger partial charge in [-0.15, -0.1) is 0 Å². The number of benzene rings is 2. The number of ether oxygens (including phenoxy) is 2. The van der Waals surface area contributed by atoms with Crippen molar-refractivity contribution >= 4 is 27.6 Å². The highest BCUT2D eigenvalue weighted by Crippen LogP contribution is 2.30. The summed E-state index contributed by atoms with van der Waals surface area (Å²) in [5.41, 5.74) is 9.90. The smallest absolute Gasteiger partial charge is 0.248 e. The summed E-state index contributed by atoms with van der Waals surface area (Å²) < 4.78 is 11.7. The van der Waals surface area contributed by atoms with Crippen LogP contribution in [0.2, 0.25) is 0 Å². The summed E-state index contributed by atoms with van der Waals surface area (Å²) in [7, 11) is 0. The number of hydrogen-bond donors (Lipinski definition) is 2. The Balaban J connectivity index is 1.20. The van der Waals surface area contributed by atoms with E-state index < -0.39 is 5.91 Å². The molecule has 0 aliphatic rings. The maximum Gasteiger partial charge on any atom is 0.248 e. The van der Waals surface area contributed by atoms with Crippen molar-refractivity contribution in [3.05, 3.63) is 77.1 Å². The highest BCUT2D eigenvalue weighted by Gasteiger charge is 2.11.